The number of phenolic OH excluding ortho intramolecular Hbond substituents is 1. The van der Waals surface area contributed by atoms with E-state index >= 15 is 0 Å². The number of hydrogen-bond acceptors (Lipinski definition) is 6. The van der Waals surface area contributed by atoms with Gasteiger partial charge in [0.15, 0.2) is 11.6 Å². The van der Waals surface area contributed by atoms with E-state index in [9.17, 15) is 23.9 Å². The van der Waals surface area contributed by atoms with Crippen molar-refractivity contribution in [3.05, 3.63) is 102 Å². The van der Waals surface area contributed by atoms with Crippen molar-refractivity contribution >= 4 is 29.3 Å². The van der Waals surface area contributed by atoms with E-state index in [0.717, 1.165) is 6.07 Å². The van der Waals surface area contributed by atoms with Crippen LogP contribution in [0.1, 0.15) is 41.8 Å². The van der Waals surface area contributed by atoms with Gasteiger partial charge in [-0.25, -0.2) is 9.18 Å². The Morgan fingerprint density at radius 1 is 1.05 bits per heavy atom. The average Bonchev–Trinajstić information content (AvgIpc) is 2.88. The number of alkyl carbamates (subject to hydrolysis) is 1. The molecular weight excluding hydrogens is 477 g/mol. The minimum Gasteiger partial charge on any atom is -0.505 e. The molecule has 3 rings (SSSR count). The molecule has 0 fully saturated rings. The molecule has 0 aliphatic carbocycles. The zero-order valence-corrected chi connectivity index (χ0v) is 20.2. The number of rotatable bonds is 9. The van der Waals surface area contributed by atoms with Crippen LogP contribution < -0.4 is 16.4 Å². The minimum absolute atomic E-state index is 0.278. The number of allylic oxidation sites excluding steroid dienone is 1. The summed E-state index contributed by atoms with van der Waals surface area (Å²) < 4.78 is 19.6. The summed E-state index contributed by atoms with van der Waals surface area (Å²) in [6.45, 7) is 1.79. The Balaban J connectivity index is 1.63. The topological polar surface area (TPSA) is 131 Å². The molecule has 0 saturated carbocycles. The van der Waals surface area contributed by atoms with Crippen LogP contribution in [0.25, 0.3) is 0 Å². The van der Waals surface area contributed by atoms with Crippen LogP contribution >= 0.6 is 0 Å². The van der Waals surface area contributed by atoms with Crippen molar-refractivity contribution in [1.82, 2.24) is 5.32 Å². The number of benzene rings is 3. The summed E-state index contributed by atoms with van der Waals surface area (Å²) in [6, 6.07) is 18.7. The normalized spacial score (nSPS) is 12.5. The standard InChI is InChI=1S/C28H28FN3O5/c1-18(9-5-8-14-25(34)31-23-13-7-6-12-22(23)30)26(20-15-16-24(33)21(29)17-20)37-28(36)32-27(35)19-10-3-2-4-11-19/h2-4,6-8,10-18,26,33H,5,9,30H2,1H3,(H,31,34)(H,32,35,36)/b14-8+/t18-,26-/m1/s1. The molecule has 3 aromatic carbocycles. The molecular formula is C28H28FN3O5. The van der Waals surface area contributed by atoms with Gasteiger partial charge in [0.25, 0.3) is 5.91 Å². The van der Waals surface area contributed by atoms with Crippen LogP contribution in [0.2, 0.25) is 0 Å². The van der Waals surface area contributed by atoms with Crippen molar-refractivity contribution in [1.29, 1.82) is 0 Å². The zero-order chi connectivity index (χ0) is 26.8. The average molecular weight is 506 g/mol. The van der Waals surface area contributed by atoms with Crippen LogP contribution in [0.5, 0.6) is 5.75 Å². The maximum Gasteiger partial charge on any atom is 0.414 e. The van der Waals surface area contributed by atoms with E-state index < -0.39 is 29.7 Å². The second-order valence-corrected chi connectivity index (χ2v) is 8.39. The van der Waals surface area contributed by atoms with Crippen LogP contribution in [-0.2, 0) is 9.53 Å². The molecule has 0 aromatic heterocycles. The van der Waals surface area contributed by atoms with Crippen LogP contribution in [0.3, 0.4) is 0 Å². The van der Waals surface area contributed by atoms with Gasteiger partial charge in [0, 0.05) is 5.56 Å². The molecule has 0 bridgehead atoms. The molecule has 8 nitrogen and oxygen atoms in total. The molecule has 0 spiro atoms. The van der Waals surface area contributed by atoms with Gasteiger partial charge in [-0.2, -0.15) is 0 Å². The van der Waals surface area contributed by atoms with Gasteiger partial charge in [-0.1, -0.05) is 49.4 Å². The number of hydrogen-bond donors (Lipinski definition) is 4. The monoisotopic (exact) mass is 505 g/mol. The number of aromatic hydroxyl groups is 1. The summed E-state index contributed by atoms with van der Waals surface area (Å²) >= 11 is 0. The Hall–Kier alpha value is -4.66. The summed E-state index contributed by atoms with van der Waals surface area (Å²) in [4.78, 5) is 37.0. The van der Waals surface area contributed by atoms with E-state index in [1.54, 1.807) is 67.6 Å². The maximum absolute atomic E-state index is 14.0. The Morgan fingerprint density at radius 3 is 2.46 bits per heavy atom. The lowest BCUT2D eigenvalue weighted by atomic mass is 9.93. The molecule has 0 aliphatic heterocycles. The van der Waals surface area contributed by atoms with E-state index in [0.29, 0.717) is 29.8 Å². The van der Waals surface area contributed by atoms with Crippen molar-refractivity contribution in [2.24, 2.45) is 5.92 Å². The first-order chi connectivity index (χ1) is 17.7. The number of nitrogens with one attached hydrogen (secondary N) is 2. The highest BCUT2D eigenvalue weighted by Crippen LogP contribution is 2.32. The largest absolute Gasteiger partial charge is 0.505 e. The molecule has 0 saturated heterocycles. The van der Waals surface area contributed by atoms with Gasteiger partial charge in [0.05, 0.1) is 11.4 Å². The zero-order valence-electron chi connectivity index (χ0n) is 20.2. The van der Waals surface area contributed by atoms with Crippen molar-refractivity contribution < 1.29 is 28.6 Å². The van der Waals surface area contributed by atoms with Crippen LogP contribution in [0.4, 0.5) is 20.6 Å². The van der Waals surface area contributed by atoms with E-state index in [1.807, 2.05) is 0 Å². The van der Waals surface area contributed by atoms with Gasteiger partial charge in [-0.3, -0.25) is 14.9 Å². The molecule has 0 heterocycles. The van der Waals surface area contributed by atoms with Crippen LogP contribution in [-0.4, -0.2) is 23.0 Å². The SMILES string of the molecule is C[C@H](CC/C=C/C(=O)Nc1ccccc1N)[C@@H](OC(=O)NC(=O)c1ccccc1)c1ccc(O)c(F)c1. The highest BCUT2D eigenvalue weighted by atomic mass is 19.1. The second-order valence-electron chi connectivity index (χ2n) is 8.39. The first kappa shape index (κ1) is 26.9. The Bertz CT molecular complexity index is 1280. The first-order valence-corrected chi connectivity index (χ1v) is 11.6. The minimum atomic E-state index is -0.991. The Morgan fingerprint density at radius 2 is 1.76 bits per heavy atom. The van der Waals surface area contributed by atoms with Gasteiger partial charge in [-0.05, 0) is 66.8 Å². The Kier molecular flexibility index (Phi) is 9.37. The predicted molar refractivity (Wildman–Crippen MR) is 138 cm³/mol. The third-order valence-electron chi connectivity index (χ3n) is 5.58. The lowest BCUT2D eigenvalue weighted by Gasteiger charge is -2.24. The van der Waals surface area contributed by atoms with Crippen molar-refractivity contribution in [2.75, 3.05) is 11.1 Å². The lowest BCUT2D eigenvalue weighted by Crippen LogP contribution is -2.33. The molecule has 37 heavy (non-hydrogen) atoms. The van der Waals surface area contributed by atoms with Crippen LogP contribution in [0, 0.1) is 11.7 Å². The number of imide groups is 1. The number of carbonyl (C=O) groups is 3. The lowest BCUT2D eigenvalue weighted by molar-refractivity contribution is -0.111. The molecule has 9 heteroatoms. The van der Waals surface area contributed by atoms with Gasteiger partial charge in [0.1, 0.15) is 6.10 Å². The fourth-order valence-electron chi connectivity index (χ4n) is 3.60. The summed E-state index contributed by atoms with van der Waals surface area (Å²) in [5, 5.41) is 14.4. The molecule has 2 atom stereocenters. The molecule has 0 aliphatic rings. The predicted octanol–water partition coefficient (Wildman–Crippen LogP) is 5.33. The van der Waals surface area contributed by atoms with Crippen LogP contribution in [0.15, 0.2) is 84.9 Å². The van der Waals surface area contributed by atoms with Crippen molar-refractivity contribution in [3.8, 4) is 5.75 Å². The number of ether oxygens (including phenoxy) is 1. The van der Waals surface area contributed by atoms with Gasteiger partial charge in [-0.15, -0.1) is 0 Å². The number of amides is 3. The number of phenols is 1. The highest BCUT2D eigenvalue weighted by molar-refractivity contribution is 6.03. The van der Waals surface area contributed by atoms with E-state index in [-0.39, 0.29) is 17.4 Å². The third-order valence-corrected chi connectivity index (χ3v) is 5.58. The molecule has 3 aromatic rings. The Labute approximate surface area is 214 Å². The maximum atomic E-state index is 14.0. The summed E-state index contributed by atoms with van der Waals surface area (Å²) in [5.74, 6) is -2.72. The summed E-state index contributed by atoms with van der Waals surface area (Å²) in [7, 11) is 0. The first-order valence-electron chi connectivity index (χ1n) is 11.6. The number of halogens is 1. The summed E-state index contributed by atoms with van der Waals surface area (Å²) in [6.07, 6.45) is 2.03. The molecule has 3 amide bonds. The third kappa shape index (κ3) is 7.93. The van der Waals surface area contributed by atoms with Gasteiger partial charge >= 0.3 is 6.09 Å². The number of nitrogens with two attached hydrogens (primary N) is 1. The fraction of sp³-hybridized carbons (Fsp3) is 0.179. The van der Waals surface area contributed by atoms with E-state index in [2.05, 4.69) is 10.6 Å². The summed E-state index contributed by atoms with van der Waals surface area (Å²) in [5.41, 5.74) is 7.37. The number of anilines is 2. The molecule has 0 radical (unpaired) electrons. The smallest absolute Gasteiger partial charge is 0.414 e. The molecule has 0 unspecified atom stereocenters. The van der Waals surface area contributed by atoms with Gasteiger partial charge < -0.3 is 20.9 Å². The highest BCUT2D eigenvalue weighted by Gasteiger charge is 2.25. The fourth-order valence-corrected chi connectivity index (χ4v) is 3.60. The van der Waals surface area contributed by atoms with E-state index in [4.69, 9.17) is 10.5 Å². The molecule has 192 valence electrons. The second kappa shape index (κ2) is 12.9. The van der Waals surface area contributed by atoms with E-state index in [1.165, 1.54) is 18.2 Å². The number of para-hydroxylation sites is 2. The quantitative estimate of drug-likeness (QED) is 0.230. The van der Waals surface area contributed by atoms with Crippen molar-refractivity contribution in [3.63, 3.8) is 0 Å². The van der Waals surface area contributed by atoms with Crippen molar-refractivity contribution in [2.45, 2.75) is 25.9 Å². The van der Waals surface area contributed by atoms with Gasteiger partial charge in [0.2, 0.25) is 5.91 Å². The molecule has 5 N–H and O–H groups in total. The number of carbonyl (C=O) groups excluding carboxylic acids is 3. The number of nitrogen functional groups attached to an aromatic ring is 1.